The van der Waals surface area contributed by atoms with Crippen LogP contribution in [0.15, 0.2) is 95.7 Å². The first-order chi connectivity index (χ1) is 23.2. The third-order valence-corrected chi connectivity index (χ3v) is 14.9. The van der Waals surface area contributed by atoms with Crippen LogP contribution in [0.25, 0.3) is 44.5 Å². The second kappa shape index (κ2) is 15.5. The number of pyridine rings is 2. The van der Waals surface area contributed by atoms with E-state index in [1.807, 2.05) is 42.6 Å². The normalized spacial score (nSPS) is 18.7. The molecule has 0 amide bonds. The van der Waals surface area contributed by atoms with Gasteiger partial charge >= 0.3 is 126 Å². The summed E-state index contributed by atoms with van der Waals surface area (Å²) in [4.78, 5) is 9.38. The van der Waals surface area contributed by atoms with Crippen LogP contribution < -0.4 is 4.40 Å². The van der Waals surface area contributed by atoms with E-state index >= 15 is 0 Å². The molecule has 9 rings (SSSR count). The average Bonchev–Trinajstić information content (AvgIpc) is 3.48. The van der Waals surface area contributed by atoms with Crippen molar-refractivity contribution in [3.05, 3.63) is 115 Å². The quantitative estimate of drug-likeness (QED) is 0.118. The third kappa shape index (κ3) is 8.14. The molecule has 3 fully saturated rings. The van der Waals surface area contributed by atoms with Gasteiger partial charge in [0.2, 0.25) is 0 Å². The van der Waals surface area contributed by atoms with Crippen molar-refractivity contribution in [1.82, 2.24) is 9.97 Å². The van der Waals surface area contributed by atoms with Crippen molar-refractivity contribution in [2.75, 3.05) is 0 Å². The minimum absolute atomic E-state index is 0. The van der Waals surface area contributed by atoms with Gasteiger partial charge in [-0.05, 0) is 61.3 Å². The van der Waals surface area contributed by atoms with Gasteiger partial charge < -0.3 is 9.40 Å². The number of rotatable bonds is 7. The summed E-state index contributed by atoms with van der Waals surface area (Å²) >= 11 is -1.86. The standard InChI is InChI=1S/C26H24NO.C18H24GeN.Ir/c1-2-7-25-21(4-1)22-5-3-6-23(26(22)28-25)24-16-18(12-13-27-24)15-20-14-17-8-10-19(20)11-9-17;1-14(2)11-16-12-18(15-9-7-6-8-10-15)20-13-17(16)19(3,4)5;/h1-5,7,12-13,16-17,19-20H,8-11,14-15H2;6-9,12-14H,11H2,1-5H3;/q2*-1;. The van der Waals surface area contributed by atoms with E-state index in [2.05, 4.69) is 96.9 Å². The second-order valence-electron chi connectivity index (χ2n) is 15.6. The van der Waals surface area contributed by atoms with Gasteiger partial charge in [-0.2, -0.15) is 0 Å². The van der Waals surface area contributed by atoms with Gasteiger partial charge in [0.15, 0.2) is 0 Å². The van der Waals surface area contributed by atoms with Crippen LogP contribution in [-0.2, 0) is 32.9 Å². The molecule has 3 aromatic heterocycles. The Balaban J connectivity index is 0.000000177. The van der Waals surface area contributed by atoms with Gasteiger partial charge in [-0.15, -0.1) is 18.2 Å². The van der Waals surface area contributed by atoms with E-state index in [-0.39, 0.29) is 20.1 Å². The van der Waals surface area contributed by atoms with Crippen LogP contribution >= 0.6 is 0 Å². The zero-order valence-electron chi connectivity index (χ0n) is 29.6. The zero-order valence-corrected chi connectivity index (χ0v) is 34.0. The molecule has 3 nitrogen and oxygen atoms in total. The Kier molecular flexibility index (Phi) is 11.3. The third-order valence-electron chi connectivity index (χ3n) is 10.5. The maximum Gasteiger partial charge on any atom is 0.120 e. The maximum absolute atomic E-state index is 6.20. The van der Waals surface area contributed by atoms with Crippen LogP contribution in [0.3, 0.4) is 0 Å². The molecule has 3 aliphatic carbocycles. The monoisotopic (exact) mass is 887 g/mol. The van der Waals surface area contributed by atoms with Crippen LogP contribution in [0.2, 0.25) is 17.3 Å². The summed E-state index contributed by atoms with van der Waals surface area (Å²) < 4.78 is 7.74. The van der Waals surface area contributed by atoms with Gasteiger partial charge in [0.05, 0.1) is 5.58 Å². The number of aromatic nitrogens is 2. The van der Waals surface area contributed by atoms with E-state index in [0.29, 0.717) is 5.92 Å². The van der Waals surface area contributed by atoms with Crippen molar-refractivity contribution < 1.29 is 24.5 Å². The first-order valence-corrected chi connectivity index (χ1v) is 25.3. The fraction of sp³-hybridized carbons (Fsp3) is 0.364. The maximum atomic E-state index is 6.20. The van der Waals surface area contributed by atoms with E-state index in [0.717, 1.165) is 68.6 Å². The number of hydrogen-bond acceptors (Lipinski definition) is 3. The van der Waals surface area contributed by atoms with Gasteiger partial charge in [0, 0.05) is 31.7 Å². The van der Waals surface area contributed by atoms with Crippen molar-refractivity contribution in [2.24, 2.45) is 23.7 Å². The number of benzene rings is 3. The Bertz CT molecular complexity index is 2000. The van der Waals surface area contributed by atoms with Gasteiger partial charge in [-0.25, -0.2) is 0 Å². The molecule has 0 spiro atoms. The Morgan fingerprint density at radius 2 is 1.63 bits per heavy atom. The number of fused-ring (bicyclic) bond motifs is 6. The van der Waals surface area contributed by atoms with Crippen molar-refractivity contribution in [1.29, 1.82) is 0 Å². The molecule has 3 aliphatic rings. The Hall–Kier alpha value is -3.05. The molecule has 3 aromatic carbocycles. The van der Waals surface area contributed by atoms with Gasteiger partial charge in [-0.1, -0.05) is 53.6 Å². The first kappa shape index (κ1) is 35.8. The van der Waals surface area contributed by atoms with E-state index in [9.17, 15) is 0 Å². The topological polar surface area (TPSA) is 38.9 Å². The predicted octanol–water partition coefficient (Wildman–Crippen LogP) is 11.1. The van der Waals surface area contributed by atoms with Gasteiger partial charge in [0.1, 0.15) is 5.58 Å². The molecule has 1 unspecified atom stereocenters. The summed E-state index contributed by atoms with van der Waals surface area (Å²) in [6.45, 7) is 4.57. The fourth-order valence-corrected chi connectivity index (χ4v) is 11.5. The molecule has 3 heterocycles. The summed E-state index contributed by atoms with van der Waals surface area (Å²) in [6, 6.07) is 33.8. The Morgan fingerprint density at radius 3 is 2.35 bits per heavy atom. The number of furan rings is 1. The summed E-state index contributed by atoms with van der Waals surface area (Å²) in [5, 5.41) is 2.29. The Morgan fingerprint density at radius 1 is 0.837 bits per heavy atom. The van der Waals surface area contributed by atoms with E-state index < -0.39 is 13.3 Å². The van der Waals surface area contributed by atoms with Crippen molar-refractivity contribution in [3.8, 4) is 22.5 Å². The molecule has 49 heavy (non-hydrogen) atoms. The average molecular weight is 886 g/mol. The molecule has 0 aliphatic heterocycles. The molecule has 6 aromatic rings. The summed E-state index contributed by atoms with van der Waals surface area (Å²) in [5.74, 6) is 10.8. The molecule has 255 valence electrons. The molecular formula is C44H48GeIrN2O-2. The van der Waals surface area contributed by atoms with Crippen molar-refractivity contribution in [3.63, 3.8) is 0 Å². The van der Waals surface area contributed by atoms with Crippen LogP contribution in [0.4, 0.5) is 0 Å². The summed E-state index contributed by atoms with van der Waals surface area (Å²) in [6.07, 6.45) is 13.7. The molecule has 2 bridgehead atoms. The van der Waals surface area contributed by atoms with Crippen LogP contribution in [0.5, 0.6) is 0 Å². The second-order valence-corrected chi connectivity index (χ2v) is 26.1. The van der Waals surface area contributed by atoms with E-state index in [1.54, 1.807) is 4.40 Å². The van der Waals surface area contributed by atoms with E-state index in [1.165, 1.54) is 49.7 Å². The number of nitrogens with zero attached hydrogens (tertiary/aromatic N) is 2. The fourth-order valence-electron chi connectivity index (χ4n) is 8.17. The number of para-hydroxylation sites is 1. The molecule has 5 heteroatoms. The first-order valence-electron chi connectivity index (χ1n) is 18.0. The van der Waals surface area contributed by atoms with Crippen LogP contribution in [-0.4, -0.2) is 23.2 Å². The number of hydrogen-bond donors (Lipinski definition) is 0. The van der Waals surface area contributed by atoms with Gasteiger partial charge in [0.25, 0.3) is 0 Å². The molecule has 0 N–H and O–H groups in total. The molecular weight excluding hydrogens is 837 g/mol. The van der Waals surface area contributed by atoms with Crippen LogP contribution in [0.1, 0.15) is 57.1 Å². The predicted molar refractivity (Wildman–Crippen MR) is 203 cm³/mol. The molecule has 3 saturated carbocycles. The van der Waals surface area contributed by atoms with Crippen LogP contribution in [0, 0.1) is 35.8 Å². The SMILES string of the molecule is CC(C)Cc1cc(-c2[c-]cccc2)nc[c]1[Ge]([CH3])([CH3])[CH3].[Ir].[c-]1ccc2c(oc3ccccc32)c1-c1cc(CC2CC3CCC2CC3)ccn1. The molecule has 1 atom stereocenters. The van der Waals surface area contributed by atoms with E-state index in [4.69, 9.17) is 9.40 Å². The largest absolute Gasteiger partial charge is 0.501 e. The van der Waals surface area contributed by atoms with Crippen molar-refractivity contribution >= 4 is 39.6 Å². The van der Waals surface area contributed by atoms with Crippen molar-refractivity contribution in [2.45, 2.75) is 76.1 Å². The smallest absolute Gasteiger partial charge is 0.120 e. The molecule has 1 radical (unpaired) electrons. The summed E-state index contributed by atoms with van der Waals surface area (Å²) in [7, 11) is 0. The van der Waals surface area contributed by atoms with Gasteiger partial charge in [-0.3, -0.25) is 0 Å². The summed E-state index contributed by atoms with van der Waals surface area (Å²) in [5.41, 5.74) is 8.81. The molecule has 0 saturated heterocycles. The zero-order chi connectivity index (χ0) is 33.3. The Labute approximate surface area is 309 Å². The minimum Gasteiger partial charge on any atom is -0.501 e. The minimum atomic E-state index is -1.86.